The van der Waals surface area contributed by atoms with E-state index in [1.54, 1.807) is 19.2 Å². The van der Waals surface area contributed by atoms with E-state index >= 15 is 0 Å². The second-order valence-electron chi connectivity index (χ2n) is 5.09. The van der Waals surface area contributed by atoms with E-state index in [4.69, 9.17) is 0 Å². The standard InChI is InChI=1S/C12H17BrN2O3S/c1-12(16)3-2-5-15(6-4-12)19(17,18)11-7-10(13)8-14-9-11/h7-9,16H,2-6H2,1H3. The Hall–Kier alpha value is -0.500. The largest absolute Gasteiger partial charge is 0.390 e. The zero-order valence-corrected chi connectivity index (χ0v) is 13.1. The molecule has 1 fully saturated rings. The Kier molecular flexibility index (Phi) is 4.29. The van der Waals surface area contributed by atoms with Crippen molar-refractivity contribution in [3.05, 3.63) is 22.9 Å². The highest BCUT2D eigenvalue weighted by atomic mass is 79.9. The summed E-state index contributed by atoms with van der Waals surface area (Å²) < 4.78 is 27.0. The molecule has 19 heavy (non-hydrogen) atoms. The topological polar surface area (TPSA) is 70.5 Å². The van der Waals surface area contributed by atoms with E-state index < -0.39 is 15.6 Å². The fourth-order valence-electron chi connectivity index (χ4n) is 2.16. The lowest BCUT2D eigenvalue weighted by atomic mass is 9.98. The van der Waals surface area contributed by atoms with E-state index in [9.17, 15) is 13.5 Å². The third-order valence-electron chi connectivity index (χ3n) is 3.34. The molecule has 1 aliphatic heterocycles. The number of hydrogen-bond acceptors (Lipinski definition) is 4. The fourth-order valence-corrected chi connectivity index (χ4v) is 4.15. The first-order chi connectivity index (χ1) is 8.81. The predicted octanol–water partition coefficient (Wildman–Crippen LogP) is 1.77. The molecule has 5 nitrogen and oxygen atoms in total. The van der Waals surface area contributed by atoms with Crippen molar-refractivity contribution >= 4 is 26.0 Å². The van der Waals surface area contributed by atoms with Crippen molar-refractivity contribution in [3.8, 4) is 0 Å². The van der Waals surface area contributed by atoms with Gasteiger partial charge in [-0.2, -0.15) is 4.31 Å². The van der Waals surface area contributed by atoms with Crippen LogP contribution < -0.4 is 0 Å². The van der Waals surface area contributed by atoms with Gasteiger partial charge in [0, 0.05) is 30.0 Å². The van der Waals surface area contributed by atoms with Crippen LogP contribution in [0.4, 0.5) is 0 Å². The summed E-state index contributed by atoms with van der Waals surface area (Å²) in [6.45, 7) is 2.52. The third kappa shape index (κ3) is 3.53. The van der Waals surface area contributed by atoms with E-state index in [0.29, 0.717) is 36.8 Å². The molecule has 0 amide bonds. The third-order valence-corrected chi connectivity index (χ3v) is 5.64. The van der Waals surface area contributed by atoms with Gasteiger partial charge in [-0.15, -0.1) is 0 Å². The molecule has 0 saturated carbocycles. The number of hydrogen-bond donors (Lipinski definition) is 1. The monoisotopic (exact) mass is 348 g/mol. The molecule has 0 radical (unpaired) electrons. The smallest absolute Gasteiger partial charge is 0.244 e. The van der Waals surface area contributed by atoms with E-state index in [2.05, 4.69) is 20.9 Å². The summed E-state index contributed by atoms with van der Waals surface area (Å²) in [5, 5.41) is 10.0. The first-order valence-corrected chi connectivity index (χ1v) is 8.38. The van der Waals surface area contributed by atoms with E-state index in [0.717, 1.165) is 0 Å². The van der Waals surface area contributed by atoms with Gasteiger partial charge >= 0.3 is 0 Å². The summed E-state index contributed by atoms with van der Waals surface area (Å²) in [7, 11) is -3.53. The van der Waals surface area contributed by atoms with Crippen LogP contribution in [0.25, 0.3) is 0 Å². The van der Waals surface area contributed by atoms with Gasteiger partial charge in [0.2, 0.25) is 10.0 Å². The highest BCUT2D eigenvalue weighted by Crippen LogP contribution is 2.26. The van der Waals surface area contributed by atoms with Gasteiger partial charge in [0.15, 0.2) is 0 Å². The molecule has 0 aromatic carbocycles. The van der Waals surface area contributed by atoms with Gasteiger partial charge in [0.1, 0.15) is 4.90 Å². The minimum absolute atomic E-state index is 0.184. The zero-order chi connectivity index (χ0) is 14.1. The first-order valence-electron chi connectivity index (χ1n) is 6.14. The van der Waals surface area contributed by atoms with Crippen molar-refractivity contribution in [2.24, 2.45) is 0 Å². The van der Waals surface area contributed by atoms with Crippen molar-refractivity contribution in [2.75, 3.05) is 13.1 Å². The van der Waals surface area contributed by atoms with Crippen molar-refractivity contribution in [1.82, 2.24) is 9.29 Å². The summed E-state index contributed by atoms with van der Waals surface area (Å²) in [4.78, 5) is 4.08. The summed E-state index contributed by atoms with van der Waals surface area (Å²) in [5.41, 5.74) is -0.778. The summed E-state index contributed by atoms with van der Waals surface area (Å²) in [5.74, 6) is 0. The van der Waals surface area contributed by atoms with Crippen molar-refractivity contribution in [2.45, 2.75) is 36.7 Å². The molecule has 1 N–H and O–H groups in total. The summed E-state index contributed by atoms with van der Waals surface area (Å²) >= 11 is 3.23. The van der Waals surface area contributed by atoms with Crippen LogP contribution >= 0.6 is 15.9 Å². The van der Waals surface area contributed by atoms with E-state index in [1.807, 2.05) is 0 Å². The maximum Gasteiger partial charge on any atom is 0.244 e. The number of aliphatic hydroxyl groups is 1. The Morgan fingerprint density at radius 2 is 2.11 bits per heavy atom. The quantitative estimate of drug-likeness (QED) is 0.884. The van der Waals surface area contributed by atoms with Gasteiger partial charge in [0.05, 0.1) is 5.60 Å². The molecule has 0 spiro atoms. The Bertz CT molecular complexity index is 560. The van der Waals surface area contributed by atoms with E-state index in [1.165, 1.54) is 10.5 Å². The molecular weight excluding hydrogens is 332 g/mol. The molecule has 7 heteroatoms. The maximum atomic E-state index is 12.5. The zero-order valence-electron chi connectivity index (χ0n) is 10.7. The Morgan fingerprint density at radius 3 is 2.79 bits per heavy atom. The predicted molar refractivity (Wildman–Crippen MR) is 75.2 cm³/mol. The van der Waals surface area contributed by atoms with Gasteiger partial charge in [-0.25, -0.2) is 8.42 Å². The highest BCUT2D eigenvalue weighted by molar-refractivity contribution is 9.10. The lowest BCUT2D eigenvalue weighted by molar-refractivity contribution is 0.0465. The number of rotatable bonds is 2. The minimum Gasteiger partial charge on any atom is -0.390 e. The van der Waals surface area contributed by atoms with Gasteiger partial charge in [-0.05, 0) is 48.2 Å². The number of halogens is 1. The lowest BCUT2D eigenvalue weighted by Crippen LogP contribution is -2.33. The Morgan fingerprint density at radius 1 is 1.37 bits per heavy atom. The number of aromatic nitrogens is 1. The molecule has 1 aromatic rings. The van der Waals surface area contributed by atoms with Gasteiger partial charge in [-0.3, -0.25) is 4.98 Å². The van der Waals surface area contributed by atoms with Crippen LogP contribution in [-0.2, 0) is 10.0 Å². The second kappa shape index (κ2) is 5.47. The average molecular weight is 349 g/mol. The second-order valence-corrected chi connectivity index (χ2v) is 7.95. The Balaban J connectivity index is 2.25. The number of nitrogens with zero attached hydrogens (tertiary/aromatic N) is 2. The van der Waals surface area contributed by atoms with Gasteiger partial charge in [0.25, 0.3) is 0 Å². The maximum absolute atomic E-state index is 12.5. The molecule has 1 saturated heterocycles. The van der Waals surface area contributed by atoms with Crippen molar-refractivity contribution < 1.29 is 13.5 Å². The molecule has 0 aliphatic carbocycles. The van der Waals surface area contributed by atoms with Crippen LogP contribution in [0.5, 0.6) is 0 Å². The van der Waals surface area contributed by atoms with Gasteiger partial charge in [-0.1, -0.05) is 0 Å². The fraction of sp³-hybridized carbons (Fsp3) is 0.583. The SMILES string of the molecule is CC1(O)CCCN(S(=O)(=O)c2cncc(Br)c2)CC1. The highest BCUT2D eigenvalue weighted by Gasteiger charge is 2.31. The van der Waals surface area contributed by atoms with Crippen LogP contribution in [0.1, 0.15) is 26.2 Å². The van der Waals surface area contributed by atoms with Crippen LogP contribution in [0, 0.1) is 0 Å². The molecule has 2 rings (SSSR count). The first kappa shape index (κ1) is 14.9. The van der Waals surface area contributed by atoms with Crippen LogP contribution in [0.3, 0.4) is 0 Å². The molecule has 1 unspecified atom stereocenters. The molecular formula is C12H17BrN2O3S. The van der Waals surface area contributed by atoms with E-state index in [-0.39, 0.29) is 4.90 Å². The molecule has 1 aliphatic rings. The minimum atomic E-state index is -3.53. The normalized spacial score (nSPS) is 26.1. The molecule has 1 aromatic heterocycles. The molecule has 0 bridgehead atoms. The van der Waals surface area contributed by atoms with Crippen molar-refractivity contribution in [1.29, 1.82) is 0 Å². The summed E-state index contributed by atoms with van der Waals surface area (Å²) in [6.07, 6.45) is 4.63. The molecule has 1 atom stereocenters. The lowest BCUT2D eigenvalue weighted by Gasteiger charge is -2.22. The van der Waals surface area contributed by atoms with Crippen LogP contribution in [0.2, 0.25) is 0 Å². The number of pyridine rings is 1. The van der Waals surface area contributed by atoms with Crippen molar-refractivity contribution in [3.63, 3.8) is 0 Å². The Labute approximate surface area is 121 Å². The average Bonchev–Trinajstić information content (AvgIpc) is 2.50. The molecule has 106 valence electrons. The molecule has 2 heterocycles. The van der Waals surface area contributed by atoms with Gasteiger partial charge < -0.3 is 5.11 Å². The van der Waals surface area contributed by atoms with Crippen LogP contribution in [0.15, 0.2) is 27.8 Å². The summed E-state index contributed by atoms with van der Waals surface area (Å²) in [6, 6.07) is 1.55. The van der Waals surface area contributed by atoms with Crippen LogP contribution in [-0.4, -0.2) is 41.5 Å². The number of sulfonamides is 1.